The minimum Gasteiger partial charge on any atom is -0.462 e. The summed E-state index contributed by atoms with van der Waals surface area (Å²) < 4.78 is 16.9. The summed E-state index contributed by atoms with van der Waals surface area (Å²) in [6.45, 7) is 6.67. The standard InChI is InChI=1S/C60H114O6/c1-4-7-10-13-16-19-22-25-26-27-28-29-30-31-32-33-36-38-41-44-47-50-53-59(62)65-56-57(66-60(63)54-51-48-45-42-39-35-24-21-18-15-12-9-6-3)55-64-58(61)52-49-46-43-40-37-34-23-20-17-14-11-8-5-2/h21,24,57H,4-20,22-23,25-56H2,1-3H3/b24-21-. The fourth-order valence-electron chi connectivity index (χ4n) is 9.03. The van der Waals surface area contributed by atoms with Crippen LogP contribution >= 0.6 is 0 Å². The molecule has 0 aliphatic rings. The van der Waals surface area contributed by atoms with Gasteiger partial charge in [0, 0.05) is 19.3 Å². The van der Waals surface area contributed by atoms with Crippen LogP contribution in [-0.4, -0.2) is 37.2 Å². The summed E-state index contributed by atoms with van der Waals surface area (Å²) in [6, 6.07) is 0. The molecule has 0 saturated heterocycles. The third-order valence-corrected chi connectivity index (χ3v) is 13.5. The van der Waals surface area contributed by atoms with Gasteiger partial charge in [0.25, 0.3) is 0 Å². The van der Waals surface area contributed by atoms with Crippen molar-refractivity contribution in [3.05, 3.63) is 12.2 Å². The van der Waals surface area contributed by atoms with Crippen LogP contribution in [0.2, 0.25) is 0 Å². The first-order chi connectivity index (χ1) is 32.5. The fourth-order valence-corrected chi connectivity index (χ4v) is 9.03. The number of carbonyl (C=O) groups is 3. The van der Waals surface area contributed by atoms with E-state index >= 15 is 0 Å². The van der Waals surface area contributed by atoms with Crippen molar-refractivity contribution in [2.24, 2.45) is 0 Å². The Balaban J connectivity index is 4.22. The molecule has 0 heterocycles. The molecule has 0 fully saturated rings. The van der Waals surface area contributed by atoms with Gasteiger partial charge < -0.3 is 14.2 Å². The van der Waals surface area contributed by atoms with Crippen LogP contribution in [0, 0.1) is 0 Å². The summed E-state index contributed by atoms with van der Waals surface area (Å²) in [5, 5.41) is 0. The number of hydrogen-bond donors (Lipinski definition) is 0. The van der Waals surface area contributed by atoms with Crippen LogP contribution in [0.1, 0.15) is 335 Å². The summed E-state index contributed by atoms with van der Waals surface area (Å²) in [4.78, 5) is 38.1. The van der Waals surface area contributed by atoms with Crippen molar-refractivity contribution in [1.29, 1.82) is 0 Å². The molecule has 0 aliphatic heterocycles. The van der Waals surface area contributed by atoms with Gasteiger partial charge in [-0.3, -0.25) is 14.4 Å². The molecule has 6 heteroatoms. The molecule has 1 unspecified atom stereocenters. The van der Waals surface area contributed by atoms with Crippen LogP contribution in [0.15, 0.2) is 12.2 Å². The van der Waals surface area contributed by atoms with Crippen LogP contribution in [0.4, 0.5) is 0 Å². The Labute approximate surface area is 411 Å². The molecule has 390 valence electrons. The van der Waals surface area contributed by atoms with E-state index in [0.717, 1.165) is 64.2 Å². The Bertz CT molecular complexity index is 1020. The predicted molar refractivity (Wildman–Crippen MR) is 284 cm³/mol. The van der Waals surface area contributed by atoms with Gasteiger partial charge in [0.2, 0.25) is 0 Å². The number of rotatable bonds is 55. The lowest BCUT2D eigenvalue weighted by molar-refractivity contribution is -0.167. The summed E-state index contributed by atoms with van der Waals surface area (Å²) >= 11 is 0. The molecule has 0 aliphatic carbocycles. The van der Waals surface area contributed by atoms with Gasteiger partial charge in [0.1, 0.15) is 13.2 Å². The van der Waals surface area contributed by atoms with Crippen molar-refractivity contribution in [3.8, 4) is 0 Å². The topological polar surface area (TPSA) is 78.9 Å². The molecule has 0 N–H and O–H groups in total. The zero-order valence-electron chi connectivity index (χ0n) is 44.7. The average Bonchev–Trinajstić information content (AvgIpc) is 3.31. The first kappa shape index (κ1) is 64.2. The summed E-state index contributed by atoms with van der Waals surface area (Å²) in [7, 11) is 0. The minimum absolute atomic E-state index is 0.0674. The number of ether oxygens (including phenoxy) is 3. The van der Waals surface area contributed by atoms with Crippen LogP contribution in [0.5, 0.6) is 0 Å². The largest absolute Gasteiger partial charge is 0.462 e. The number of carbonyl (C=O) groups excluding carboxylic acids is 3. The Hall–Kier alpha value is -1.85. The first-order valence-corrected chi connectivity index (χ1v) is 29.7. The maximum Gasteiger partial charge on any atom is 0.306 e. The second-order valence-corrected chi connectivity index (χ2v) is 20.3. The highest BCUT2D eigenvalue weighted by atomic mass is 16.6. The van der Waals surface area contributed by atoms with E-state index in [0.29, 0.717) is 19.3 Å². The number of unbranched alkanes of at least 4 members (excludes halogenated alkanes) is 42. The van der Waals surface area contributed by atoms with Crippen molar-refractivity contribution in [2.45, 2.75) is 341 Å². The van der Waals surface area contributed by atoms with Gasteiger partial charge in [-0.25, -0.2) is 0 Å². The molecule has 66 heavy (non-hydrogen) atoms. The first-order valence-electron chi connectivity index (χ1n) is 29.7. The van der Waals surface area contributed by atoms with E-state index < -0.39 is 6.10 Å². The normalized spacial score (nSPS) is 12.0. The highest BCUT2D eigenvalue weighted by Crippen LogP contribution is 2.17. The average molecular weight is 932 g/mol. The van der Waals surface area contributed by atoms with Crippen LogP contribution < -0.4 is 0 Å². The van der Waals surface area contributed by atoms with Gasteiger partial charge in [0.15, 0.2) is 6.10 Å². The maximum atomic E-state index is 12.8. The molecule has 0 saturated carbocycles. The minimum atomic E-state index is -0.768. The van der Waals surface area contributed by atoms with E-state index in [1.165, 1.54) is 231 Å². The van der Waals surface area contributed by atoms with Gasteiger partial charge in [-0.2, -0.15) is 0 Å². The Morgan fingerprint density at radius 3 is 0.773 bits per heavy atom. The van der Waals surface area contributed by atoms with Gasteiger partial charge in [-0.05, 0) is 44.9 Å². The quantitative estimate of drug-likeness (QED) is 0.0262. The Morgan fingerprint density at radius 1 is 0.288 bits per heavy atom. The SMILES string of the molecule is CCCCCC/C=C\CCCCCCCC(=O)OC(COC(=O)CCCCCCCCCCCCCCC)COC(=O)CCCCCCCCCCCCCCCCCCCCCCCC. The van der Waals surface area contributed by atoms with Crippen molar-refractivity contribution in [1.82, 2.24) is 0 Å². The number of esters is 3. The molecule has 6 nitrogen and oxygen atoms in total. The lowest BCUT2D eigenvalue weighted by Crippen LogP contribution is -2.30. The van der Waals surface area contributed by atoms with E-state index in [9.17, 15) is 14.4 Å². The molecule has 0 aromatic rings. The lowest BCUT2D eigenvalue weighted by Gasteiger charge is -2.18. The third kappa shape index (κ3) is 53.1. The highest BCUT2D eigenvalue weighted by molar-refractivity contribution is 5.71. The summed E-state index contributed by atoms with van der Waals surface area (Å²) in [5.74, 6) is -0.852. The van der Waals surface area contributed by atoms with Gasteiger partial charge >= 0.3 is 17.9 Å². The Kier molecular flexibility index (Phi) is 54.2. The molecular formula is C60H114O6. The summed E-state index contributed by atoms with van der Waals surface area (Å²) in [6.07, 6.45) is 63.5. The van der Waals surface area contributed by atoms with Gasteiger partial charge in [0.05, 0.1) is 0 Å². The highest BCUT2D eigenvalue weighted by Gasteiger charge is 2.19. The van der Waals surface area contributed by atoms with E-state index in [4.69, 9.17) is 14.2 Å². The second kappa shape index (κ2) is 55.7. The molecule has 0 rings (SSSR count). The molecule has 0 aromatic carbocycles. The molecule has 0 bridgehead atoms. The van der Waals surface area contributed by atoms with Crippen LogP contribution in [0.3, 0.4) is 0 Å². The molecule has 0 amide bonds. The third-order valence-electron chi connectivity index (χ3n) is 13.5. The molecule has 1 atom stereocenters. The van der Waals surface area contributed by atoms with Crippen LogP contribution in [-0.2, 0) is 28.6 Å². The lowest BCUT2D eigenvalue weighted by atomic mass is 10.0. The summed E-state index contributed by atoms with van der Waals surface area (Å²) in [5.41, 5.74) is 0. The number of allylic oxidation sites excluding steroid dienone is 2. The van der Waals surface area contributed by atoms with Gasteiger partial charge in [-0.15, -0.1) is 0 Å². The van der Waals surface area contributed by atoms with Crippen molar-refractivity contribution in [3.63, 3.8) is 0 Å². The van der Waals surface area contributed by atoms with Gasteiger partial charge in [-0.1, -0.05) is 283 Å². The molecule has 0 radical (unpaired) electrons. The maximum absolute atomic E-state index is 12.8. The molecule has 0 spiro atoms. The molecular weight excluding hydrogens is 817 g/mol. The Morgan fingerprint density at radius 2 is 0.500 bits per heavy atom. The van der Waals surface area contributed by atoms with Crippen molar-refractivity contribution < 1.29 is 28.6 Å². The number of hydrogen-bond acceptors (Lipinski definition) is 6. The predicted octanol–water partition coefficient (Wildman–Crippen LogP) is 19.7. The van der Waals surface area contributed by atoms with Crippen molar-refractivity contribution >= 4 is 17.9 Å². The van der Waals surface area contributed by atoms with Crippen molar-refractivity contribution in [2.75, 3.05) is 13.2 Å². The second-order valence-electron chi connectivity index (χ2n) is 20.3. The van der Waals surface area contributed by atoms with E-state index in [1.54, 1.807) is 0 Å². The van der Waals surface area contributed by atoms with Crippen LogP contribution in [0.25, 0.3) is 0 Å². The zero-order chi connectivity index (χ0) is 47.9. The van der Waals surface area contributed by atoms with E-state index in [2.05, 4.69) is 32.9 Å². The monoisotopic (exact) mass is 931 g/mol. The fraction of sp³-hybridized carbons (Fsp3) is 0.917. The molecule has 0 aromatic heterocycles. The van der Waals surface area contributed by atoms with E-state index in [1.807, 2.05) is 0 Å². The van der Waals surface area contributed by atoms with E-state index in [-0.39, 0.29) is 31.1 Å². The zero-order valence-corrected chi connectivity index (χ0v) is 44.7. The smallest absolute Gasteiger partial charge is 0.306 e.